The van der Waals surface area contributed by atoms with Crippen LogP contribution in [0.4, 0.5) is 16.4 Å². The summed E-state index contributed by atoms with van der Waals surface area (Å²) >= 11 is 0. The monoisotopic (exact) mass is 651 g/mol. The van der Waals surface area contributed by atoms with Crippen molar-refractivity contribution in [2.75, 3.05) is 23.1 Å². The summed E-state index contributed by atoms with van der Waals surface area (Å²) in [5, 5.41) is 21.1. The van der Waals surface area contributed by atoms with E-state index in [2.05, 4.69) is 48.7 Å². The summed E-state index contributed by atoms with van der Waals surface area (Å²) in [7, 11) is -7.55. The molecule has 1 heterocycles. The lowest BCUT2D eigenvalue weighted by Crippen LogP contribution is -2.33. The van der Waals surface area contributed by atoms with E-state index in [9.17, 15) is 26.4 Å². The van der Waals surface area contributed by atoms with Gasteiger partial charge in [0.15, 0.2) is 19.7 Å². The average Bonchev–Trinajstić information content (AvgIpc) is 3.52. The number of tetrazole rings is 1. The van der Waals surface area contributed by atoms with Gasteiger partial charge in [0.1, 0.15) is 0 Å². The Labute approximate surface area is 261 Å². The van der Waals surface area contributed by atoms with Crippen LogP contribution in [0.5, 0.6) is 0 Å². The number of hydrogen-bond acceptors (Lipinski definition) is 9. The Morgan fingerprint density at radius 1 is 0.800 bits per heavy atom. The van der Waals surface area contributed by atoms with Crippen LogP contribution < -0.4 is 16.0 Å². The SMILES string of the molecule is CS(=O)(=O)c1cc(NC(=O)NC(c2ccc(C(=O)Nc3nn[nH]n3)cc2)c2ccc(C3CCCCC3)cc2)cc(S(C)(=O)=O)c1. The predicted octanol–water partition coefficient (Wildman–Crippen LogP) is 4.22. The minimum Gasteiger partial charge on any atom is -0.327 e. The summed E-state index contributed by atoms with van der Waals surface area (Å²) in [6.45, 7) is 0. The number of sulfone groups is 2. The van der Waals surface area contributed by atoms with E-state index in [4.69, 9.17) is 0 Å². The number of carbonyl (C=O) groups is 2. The first-order valence-corrected chi connectivity index (χ1v) is 18.0. The molecule has 1 aliphatic rings. The molecule has 13 nitrogen and oxygen atoms in total. The van der Waals surface area contributed by atoms with Gasteiger partial charge in [-0.3, -0.25) is 10.1 Å². The quantitative estimate of drug-likeness (QED) is 0.205. The maximum absolute atomic E-state index is 13.4. The van der Waals surface area contributed by atoms with Crippen molar-refractivity contribution < 1.29 is 26.4 Å². The zero-order chi connectivity index (χ0) is 32.2. The van der Waals surface area contributed by atoms with Crippen LogP contribution in [0.1, 0.15) is 71.1 Å². The van der Waals surface area contributed by atoms with E-state index in [0.717, 1.165) is 37.0 Å². The van der Waals surface area contributed by atoms with E-state index in [1.807, 2.05) is 12.1 Å². The first kappa shape index (κ1) is 31.8. The molecule has 1 unspecified atom stereocenters. The smallest absolute Gasteiger partial charge is 0.319 e. The summed E-state index contributed by atoms with van der Waals surface area (Å²) in [4.78, 5) is 25.5. The van der Waals surface area contributed by atoms with Crippen LogP contribution in [-0.4, -0.2) is 61.9 Å². The predicted molar refractivity (Wildman–Crippen MR) is 167 cm³/mol. The Bertz CT molecular complexity index is 1840. The molecule has 0 bridgehead atoms. The van der Waals surface area contributed by atoms with Crippen molar-refractivity contribution in [1.82, 2.24) is 25.9 Å². The molecule has 1 aromatic heterocycles. The van der Waals surface area contributed by atoms with Crippen molar-refractivity contribution in [3.63, 3.8) is 0 Å². The highest BCUT2D eigenvalue weighted by atomic mass is 32.2. The maximum atomic E-state index is 13.4. The van der Waals surface area contributed by atoms with Crippen LogP contribution in [0, 0.1) is 0 Å². The molecular weight excluding hydrogens is 619 g/mol. The van der Waals surface area contributed by atoms with Crippen molar-refractivity contribution in [3.05, 3.63) is 89.0 Å². The summed E-state index contributed by atoms with van der Waals surface area (Å²) < 4.78 is 49.0. The molecule has 15 heteroatoms. The Hall–Kier alpha value is -4.63. The number of carbonyl (C=O) groups excluding carboxylic acids is 2. The molecule has 3 aromatic carbocycles. The molecule has 4 aromatic rings. The lowest BCUT2D eigenvalue weighted by atomic mass is 9.83. The molecular formula is C30H33N7O6S2. The zero-order valence-corrected chi connectivity index (χ0v) is 26.3. The fourth-order valence-electron chi connectivity index (χ4n) is 5.34. The standard InChI is InChI=1S/C30H33N7O6S2/c1-44(40,41)25-16-24(17-26(18-25)45(2,42)43)31-30(39)32-27(21-10-8-20(9-11-21)19-6-4-3-5-7-19)22-12-14-23(15-13-22)28(38)33-29-34-36-37-35-29/h8-19,27H,3-7H2,1-2H3,(H2,31,32,39)(H2,33,34,35,36,37,38). The van der Waals surface area contributed by atoms with Gasteiger partial charge in [0, 0.05) is 23.8 Å². The summed E-state index contributed by atoms with van der Waals surface area (Å²) in [5.74, 6) is 0.0671. The van der Waals surface area contributed by atoms with Crippen molar-refractivity contribution in [2.45, 2.75) is 53.9 Å². The zero-order valence-electron chi connectivity index (χ0n) is 24.6. The number of H-pyrrole nitrogens is 1. The molecule has 236 valence electrons. The molecule has 45 heavy (non-hydrogen) atoms. The second kappa shape index (κ2) is 13.2. The van der Waals surface area contributed by atoms with Gasteiger partial charge in [0.25, 0.3) is 11.9 Å². The van der Waals surface area contributed by atoms with Gasteiger partial charge in [-0.2, -0.15) is 5.21 Å². The lowest BCUT2D eigenvalue weighted by Gasteiger charge is -2.24. The highest BCUT2D eigenvalue weighted by molar-refractivity contribution is 7.91. The number of aromatic nitrogens is 4. The Kier molecular flexibility index (Phi) is 9.29. The van der Waals surface area contributed by atoms with Crippen molar-refractivity contribution in [2.24, 2.45) is 0 Å². The molecule has 3 amide bonds. The number of urea groups is 1. The van der Waals surface area contributed by atoms with Gasteiger partial charge < -0.3 is 10.6 Å². The highest BCUT2D eigenvalue weighted by Gasteiger charge is 2.22. The van der Waals surface area contributed by atoms with E-state index < -0.39 is 37.7 Å². The largest absolute Gasteiger partial charge is 0.327 e. The minimum absolute atomic E-state index is 0.00395. The molecule has 1 saturated carbocycles. The number of hydrogen-bond donors (Lipinski definition) is 4. The number of benzene rings is 3. The summed E-state index contributed by atoms with van der Waals surface area (Å²) in [6, 6.07) is 16.8. The molecule has 1 aliphatic carbocycles. The molecule has 5 rings (SSSR count). The molecule has 0 aliphatic heterocycles. The van der Waals surface area contributed by atoms with Crippen LogP contribution >= 0.6 is 0 Å². The van der Waals surface area contributed by atoms with E-state index in [-0.39, 0.29) is 21.4 Å². The topological polar surface area (TPSA) is 193 Å². The van der Waals surface area contributed by atoms with Crippen LogP contribution in [0.3, 0.4) is 0 Å². The van der Waals surface area contributed by atoms with Crippen molar-refractivity contribution in [3.8, 4) is 0 Å². The average molecular weight is 652 g/mol. The number of nitrogens with one attached hydrogen (secondary N) is 4. The van der Waals surface area contributed by atoms with E-state index in [0.29, 0.717) is 17.0 Å². The molecule has 0 saturated heterocycles. The van der Waals surface area contributed by atoms with Crippen LogP contribution in [0.15, 0.2) is 76.5 Å². The van der Waals surface area contributed by atoms with Gasteiger partial charge >= 0.3 is 6.03 Å². The van der Waals surface area contributed by atoms with Crippen molar-refractivity contribution in [1.29, 1.82) is 0 Å². The van der Waals surface area contributed by atoms with Gasteiger partial charge in [0.2, 0.25) is 0 Å². The number of nitrogens with zero attached hydrogens (tertiary/aromatic N) is 3. The molecule has 0 radical (unpaired) electrons. The highest BCUT2D eigenvalue weighted by Crippen LogP contribution is 2.34. The van der Waals surface area contributed by atoms with Crippen LogP contribution in [0.25, 0.3) is 0 Å². The van der Waals surface area contributed by atoms with Gasteiger partial charge in [-0.25, -0.2) is 21.6 Å². The number of aromatic amines is 1. The Morgan fingerprint density at radius 2 is 1.38 bits per heavy atom. The first-order chi connectivity index (χ1) is 21.4. The summed E-state index contributed by atoms with van der Waals surface area (Å²) in [5.41, 5.74) is 2.99. The molecule has 0 spiro atoms. The molecule has 1 fully saturated rings. The normalized spacial score (nSPS) is 14.8. The van der Waals surface area contributed by atoms with Gasteiger partial charge in [0.05, 0.1) is 15.8 Å². The number of rotatable bonds is 9. The Morgan fingerprint density at radius 3 is 1.91 bits per heavy atom. The third-order valence-electron chi connectivity index (χ3n) is 7.69. The van der Waals surface area contributed by atoms with E-state index >= 15 is 0 Å². The third kappa shape index (κ3) is 8.10. The third-order valence-corrected chi connectivity index (χ3v) is 9.88. The first-order valence-electron chi connectivity index (χ1n) is 14.2. The molecule has 4 N–H and O–H groups in total. The van der Waals surface area contributed by atoms with E-state index in [1.54, 1.807) is 24.3 Å². The lowest BCUT2D eigenvalue weighted by molar-refractivity contribution is 0.102. The van der Waals surface area contributed by atoms with Crippen LogP contribution in [-0.2, 0) is 19.7 Å². The van der Waals surface area contributed by atoms with E-state index in [1.165, 1.54) is 37.0 Å². The maximum Gasteiger partial charge on any atom is 0.319 e. The Balaban J connectivity index is 1.42. The summed E-state index contributed by atoms with van der Waals surface area (Å²) in [6.07, 6.45) is 7.83. The second-order valence-electron chi connectivity index (χ2n) is 11.1. The van der Waals surface area contributed by atoms with Gasteiger partial charge in [-0.05, 0) is 71.0 Å². The van der Waals surface area contributed by atoms with Crippen LogP contribution in [0.2, 0.25) is 0 Å². The number of anilines is 2. The number of amides is 3. The van der Waals surface area contributed by atoms with Gasteiger partial charge in [-0.15, -0.1) is 5.10 Å². The van der Waals surface area contributed by atoms with Crippen molar-refractivity contribution >= 4 is 43.2 Å². The fourth-order valence-corrected chi connectivity index (χ4v) is 6.78. The van der Waals surface area contributed by atoms with Gasteiger partial charge in [-0.1, -0.05) is 60.8 Å². The second-order valence-corrected chi connectivity index (χ2v) is 15.1. The molecule has 1 atom stereocenters. The minimum atomic E-state index is -3.78. The fraction of sp³-hybridized carbons (Fsp3) is 0.300.